The topological polar surface area (TPSA) is 95.9 Å². The SMILES string of the molecule is CN(Cc1cccc(F)c1)C(=O)CSc1ncc(C#N)c(N)n1. The highest BCUT2D eigenvalue weighted by Gasteiger charge is 2.12. The third-order valence-corrected chi connectivity index (χ3v) is 3.82. The number of nitrogens with zero attached hydrogens (tertiary/aromatic N) is 4. The summed E-state index contributed by atoms with van der Waals surface area (Å²) in [6.45, 7) is 0.313. The van der Waals surface area contributed by atoms with Crippen molar-refractivity contribution in [3.63, 3.8) is 0 Å². The van der Waals surface area contributed by atoms with Crippen molar-refractivity contribution in [3.8, 4) is 6.07 Å². The lowest BCUT2D eigenvalue weighted by molar-refractivity contribution is -0.127. The number of carbonyl (C=O) groups is 1. The number of hydrogen-bond acceptors (Lipinski definition) is 6. The van der Waals surface area contributed by atoms with Gasteiger partial charge in [0.05, 0.1) is 11.9 Å². The highest BCUT2D eigenvalue weighted by atomic mass is 32.2. The minimum atomic E-state index is -0.334. The Morgan fingerprint density at radius 2 is 2.30 bits per heavy atom. The monoisotopic (exact) mass is 331 g/mol. The van der Waals surface area contributed by atoms with E-state index in [9.17, 15) is 9.18 Å². The van der Waals surface area contributed by atoms with Crippen molar-refractivity contribution in [2.24, 2.45) is 0 Å². The zero-order valence-electron chi connectivity index (χ0n) is 12.4. The molecule has 23 heavy (non-hydrogen) atoms. The second kappa shape index (κ2) is 7.56. The summed E-state index contributed by atoms with van der Waals surface area (Å²) in [4.78, 5) is 21.5. The summed E-state index contributed by atoms with van der Waals surface area (Å²) in [6, 6.07) is 7.97. The van der Waals surface area contributed by atoms with Gasteiger partial charge in [-0.2, -0.15) is 5.26 Å². The Bertz CT molecular complexity index is 762. The molecule has 1 amide bonds. The van der Waals surface area contributed by atoms with E-state index in [0.717, 1.165) is 11.8 Å². The molecule has 2 rings (SSSR count). The molecule has 0 spiro atoms. The Balaban J connectivity index is 1.91. The van der Waals surface area contributed by atoms with Crippen LogP contribution in [0.15, 0.2) is 35.6 Å². The number of nitrogen functional groups attached to an aromatic ring is 1. The van der Waals surface area contributed by atoms with Gasteiger partial charge in [-0.05, 0) is 17.7 Å². The number of thioether (sulfide) groups is 1. The number of halogens is 1. The smallest absolute Gasteiger partial charge is 0.233 e. The van der Waals surface area contributed by atoms with E-state index in [2.05, 4.69) is 9.97 Å². The molecule has 0 unspecified atom stereocenters. The maximum absolute atomic E-state index is 13.1. The van der Waals surface area contributed by atoms with E-state index in [1.807, 2.05) is 6.07 Å². The van der Waals surface area contributed by atoms with Crippen LogP contribution in [0.2, 0.25) is 0 Å². The van der Waals surface area contributed by atoms with Crippen molar-refractivity contribution in [3.05, 3.63) is 47.4 Å². The fourth-order valence-corrected chi connectivity index (χ4v) is 2.53. The average molecular weight is 331 g/mol. The number of hydrogen-bond donors (Lipinski definition) is 1. The van der Waals surface area contributed by atoms with Crippen LogP contribution < -0.4 is 5.73 Å². The van der Waals surface area contributed by atoms with Crippen LogP contribution in [-0.2, 0) is 11.3 Å². The largest absolute Gasteiger partial charge is 0.382 e. The van der Waals surface area contributed by atoms with Gasteiger partial charge in [-0.15, -0.1) is 0 Å². The predicted molar refractivity (Wildman–Crippen MR) is 84.8 cm³/mol. The molecule has 118 valence electrons. The lowest BCUT2D eigenvalue weighted by atomic mass is 10.2. The maximum Gasteiger partial charge on any atom is 0.233 e. The Hall–Kier alpha value is -2.66. The average Bonchev–Trinajstić information content (AvgIpc) is 2.52. The summed E-state index contributed by atoms with van der Waals surface area (Å²) in [7, 11) is 1.64. The normalized spacial score (nSPS) is 10.1. The molecule has 1 aromatic heterocycles. The molecule has 6 nitrogen and oxygen atoms in total. The Labute approximate surface area is 137 Å². The molecule has 0 saturated heterocycles. The first kappa shape index (κ1) is 16.7. The van der Waals surface area contributed by atoms with Crippen LogP contribution in [0.3, 0.4) is 0 Å². The van der Waals surface area contributed by atoms with Gasteiger partial charge in [-0.25, -0.2) is 14.4 Å². The molecule has 0 atom stereocenters. The van der Waals surface area contributed by atoms with E-state index in [0.29, 0.717) is 17.3 Å². The third kappa shape index (κ3) is 4.66. The van der Waals surface area contributed by atoms with Gasteiger partial charge >= 0.3 is 0 Å². The molecular weight excluding hydrogens is 317 g/mol. The number of anilines is 1. The summed E-state index contributed by atoms with van der Waals surface area (Å²) in [6.07, 6.45) is 1.33. The molecular formula is C15H14FN5OS. The molecule has 0 bridgehead atoms. The molecule has 0 fully saturated rings. The van der Waals surface area contributed by atoms with Gasteiger partial charge < -0.3 is 10.6 Å². The summed E-state index contributed by atoms with van der Waals surface area (Å²) in [5.41, 5.74) is 6.51. The molecule has 0 radical (unpaired) electrons. The van der Waals surface area contributed by atoms with Gasteiger partial charge in [0.15, 0.2) is 5.16 Å². The predicted octanol–water partition coefficient (Wildman–Crippen LogP) is 1.82. The minimum Gasteiger partial charge on any atom is -0.382 e. The second-order valence-corrected chi connectivity index (χ2v) is 5.67. The highest BCUT2D eigenvalue weighted by Crippen LogP contribution is 2.16. The van der Waals surface area contributed by atoms with Crippen LogP contribution in [0.1, 0.15) is 11.1 Å². The van der Waals surface area contributed by atoms with E-state index < -0.39 is 0 Å². The highest BCUT2D eigenvalue weighted by molar-refractivity contribution is 7.99. The summed E-state index contributed by atoms with van der Waals surface area (Å²) >= 11 is 1.13. The van der Waals surface area contributed by atoms with Crippen molar-refractivity contribution >= 4 is 23.5 Å². The molecule has 2 aromatic rings. The number of nitriles is 1. The quantitative estimate of drug-likeness (QED) is 0.663. The first-order valence-corrected chi connectivity index (χ1v) is 7.62. The molecule has 1 aromatic carbocycles. The van der Waals surface area contributed by atoms with Gasteiger partial charge in [0, 0.05) is 13.6 Å². The van der Waals surface area contributed by atoms with Crippen LogP contribution in [0.5, 0.6) is 0 Å². The van der Waals surface area contributed by atoms with Gasteiger partial charge in [0.2, 0.25) is 5.91 Å². The van der Waals surface area contributed by atoms with Crippen molar-refractivity contribution < 1.29 is 9.18 Å². The van der Waals surface area contributed by atoms with E-state index >= 15 is 0 Å². The van der Waals surface area contributed by atoms with Crippen molar-refractivity contribution in [2.75, 3.05) is 18.5 Å². The Morgan fingerprint density at radius 1 is 1.52 bits per heavy atom. The summed E-state index contributed by atoms with van der Waals surface area (Å²) in [5.74, 6) is -0.271. The molecule has 0 saturated carbocycles. The van der Waals surface area contributed by atoms with E-state index in [4.69, 9.17) is 11.0 Å². The van der Waals surface area contributed by atoms with Crippen LogP contribution in [0.4, 0.5) is 10.2 Å². The first-order valence-electron chi connectivity index (χ1n) is 6.63. The molecule has 2 N–H and O–H groups in total. The zero-order valence-corrected chi connectivity index (χ0v) is 13.2. The Morgan fingerprint density at radius 3 is 2.96 bits per heavy atom. The summed E-state index contributed by atoms with van der Waals surface area (Å²) in [5, 5.41) is 9.08. The van der Waals surface area contributed by atoms with Crippen LogP contribution >= 0.6 is 11.8 Å². The van der Waals surface area contributed by atoms with Gasteiger partial charge in [-0.3, -0.25) is 4.79 Å². The Kier molecular flexibility index (Phi) is 5.49. The summed E-state index contributed by atoms with van der Waals surface area (Å²) < 4.78 is 13.1. The van der Waals surface area contributed by atoms with Crippen LogP contribution in [0.25, 0.3) is 0 Å². The number of amides is 1. The number of benzene rings is 1. The van der Waals surface area contributed by atoms with Crippen molar-refractivity contribution in [1.29, 1.82) is 5.26 Å². The van der Waals surface area contributed by atoms with Crippen molar-refractivity contribution in [1.82, 2.24) is 14.9 Å². The molecule has 0 aliphatic rings. The molecule has 8 heteroatoms. The molecule has 0 aliphatic heterocycles. The number of carbonyl (C=O) groups excluding carboxylic acids is 1. The lowest BCUT2D eigenvalue weighted by Crippen LogP contribution is -2.27. The van der Waals surface area contributed by atoms with E-state index in [1.165, 1.54) is 23.2 Å². The second-order valence-electron chi connectivity index (χ2n) is 4.73. The van der Waals surface area contributed by atoms with E-state index in [-0.39, 0.29) is 28.9 Å². The van der Waals surface area contributed by atoms with Crippen LogP contribution in [0, 0.1) is 17.1 Å². The third-order valence-electron chi connectivity index (χ3n) is 2.98. The number of aromatic nitrogens is 2. The lowest BCUT2D eigenvalue weighted by Gasteiger charge is -2.17. The maximum atomic E-state index is 13.1. The number of nitrogens with two attached hydrogens (primary N) is 1. The van der Waals surface area contributed by atoms with Gasteiger partial charge in [-0.1, -0.05) is 23.9 Å². The van der Waals surface area contributed by atoms with E-state index in [1.54, 1.807) is 19.2 Å². The molecule has 1 heterocycles. The van der Waals surface area contributed by atoms with Crippen molar-refractivity contribution in [2.45, 2.75) is 11.7 Å². The van der Waals surface area contributed by atoms with Gasteiger partial charge in [0.1, 0.15) is 23.3 Å². The minimum absolute atomic E-state index is 0.0885. The number of rotatable bonds is 5. The van der Waals surface area contributed by atoms with Crippen LogP contribution in [-0.4, -0.2) is 33.6 Å². The van der Waals surface area contributed by atoms with Gasteiger partial charge in [0.25, 0.3) is 0 Å². The first-order chi connectivity index (χ1) is 11.0. The fraction of sp³-hybridized carbons (Fsp3) is 0.200. The zero-order chi connectivity index (χ0) is 16.8. The fourth-order valence-electron chi connectivity index (χ4n) is 1.77. The molecule has 0 aliphatic carbocycles. The standard InChI is InChI=1S/C15H14FN5OS/c1-21(8-10-3-2-4-12(16)5-10)13(22)9-23-15-19-7-11(6-17)14(18)20-15/h2-5,7H,8-9H2,1H3,(H2,18,19,20).